The Morgan fingerprint density at radius 3 is 3.00 bits per heavy atom. The van der Waals surface area contributed by atoms with Crippen LogP contribution in [0.25, 0.3) is 0 Å². The SMILES string of the molecule is CCSCC1COC(c2cccn2Cc2ccccc2OC)=N1. The second-order valence-corrected chi connectivity index (χ2v) is 6.71. The lowest BCUT2D eigenvalue weighted by atomic mass is 10.2. The summed E-state index contributed by atoms with van der Waals surface area (Å²) < 4.78 is 13.4. The molecule has 0 saturated heterocycles. The quantitative estimate of drug-likeness (QED) is 0.780. The van der Waals surface area contributed by atoms with Gasteiger partial charge in [0.05, 0.1) is 19.7 Å². The first-order chi connectivity index (χ1) is 11.3. The molecule has 0 fully saturated rings. The van der Waals surface area contributed by atoms with E-state index in [1.54, 1.807) is 7.11 Å². The van der Waals surface area contributed by atoms with Crippen molar-refractivity contribution in [1.29, 1.82) is 0 Å². The van der Waals surface area contributed by atoms with Crippen molar-refractivity contribution >= 4 is 17.7 Å². The number of hydrogen-bond acceptors (Lipinski definition) is 4. The summed E-state index contributed by atoms with van der Waals surface area (Å²) >= 11 is 1.91. The summed E-state index contributed by atoms with van der Waals surface area (Å²) in [6.45, 7) is 3.59. The average molecular weight is 330 g/mol. The van der Waals surface area contributed by atoms with E-state index in [1.807, 2.05) is 36.0 Å². The fraction of sp³-hybridized carbons (Fsp3) is 0.389. The zero-order chi connectivity index (χ0) is 16.1. The molecule has 0 N–H and O–H groups in total. The first-order valence-electron chi connectivity index (χ1n) is 7.87. The van der Waals surface area contributed by atoms with Crippen LogP contribution in [0, 0.1) is 0 Å². The van der Waals surface area contributed by atoms with E-state index in [2.05, 4.69) is 29.8 Å². The monoisotopic (exact) mass is 330 g/mol. The minimum Gasteiger partial charge on any atom is -0.496 e. The minimum absolute atomic E-state index is 0.268. The second-order valence-electron chi connectivity index (χ2n) is 5.39. The number of aliphatic imine (C=N–C) groups is 1. The molecule has 122 valence electrons. The molecule has 1 unspecified atom stereocenters. The largest absolute Gasteiger partial charge is 0.496 e. The highest BCUT2D eigenvalue weighted by molar-refractivity contribution is 7.99. The highest BCUT2D eigenvalue weighted by Gasteiger charge is 2.22. The molecular formula is C18H22N2O2S. The van der Waals surface area contributed by atoms with Gasteiger partial charge in [0.15, 0.2) is 0 Å². The van der Waals surface area contributed by atoms with Crippen molar-refractivity contribution in [3.8, 4) is 5.75 Å². The maximum absolute atomic E-state index is 5.83. The number of rotatable bonds is 7. The Kier molecular flexibility index (Phi) is 5.28. The summed E-state index contributed by atoms with van der Waals surface area (Å²) in [6, 6.07) is 12.4. The zero-order valence-electron chi connectivity index (χ0n) is 13.6. The second kappa shape index (κ2) is 7.59. The number of benzene rings is 1. The number of methoxy groups -OCH3 is 1. The van der Waals surface area contributed by atoms with Gasteiger partial charge in [-0.25, -0.2) is 4.99 Å². The molecular weight excluding hydrogens is 308 g/mol. The topological polar surface area (TPSA) is 35.8 Å². The van der Waals surface area contributed by atoms with Crippen LogP contribution >= 0.6 is 11.8 Å². The predicted octanol–water partition coefficient (Wildman–Crippen LogP) is 3.44. The molecule has 0 amide bonds. The van der Waals surface area contributed by atoms with Crippen LogP contribution in [0.2, 0.25) is 0 Å². The molecule has 0 radical (unpaired) electrons. The number of nitrogens with zero attached hydrogens (tertiary/aromatic N) is 2. The van der Waals surface area contributed by atoms with Crippen LogP contribution in [-0.2, 0) is 11.3 Å². The van der Waals surface area contributed by atoms with Gasteiger partial charge in [0.25, 0.3) is 0 Å². The molecule has 1 aromatic heterocycles. The molecule has 1 aromatic carbocycles. The van der Waals surface area contributed by atoms with Gasteiger partial charge in [0.2, 0.25) is 5.90 Å². The predicted molar refractivity (Wildman–Crippen MR) is 95.8 cm³/mol. The van der Waals surface area contributed by atoms with Crippen LogP contribution in [0.3, 0.4) is 0 Å². The van der Waals surface area contributed by atoms with Crippen LogP contribution < -0.4 is 4.74 Å². The van der Waals surface area contributed by atoms with Gasteiger partial charge in [-0.05, 0) is 24.0 Å². The third-order valence-electron chi connectivity index (χ3n) is 3.81. The third-order valence-corrected chi connectivity index (χ3v) is 4.84. The summed E-state index contributed by atoms with van der Waals surface area (Å²) in [5.74, 6) is 3.80. The molecule has 4 nitrogen and oxygen atoms in total. The van der Waals surface area contributed by atoms with Gasteiger partial charge in [0.1, 0.15) is 18.1 Å². The highest BCUT2D eigenvalue weighted by atomic mass is 32.2. The Morgan fingerprint density at radius 2 is 2.17 bits per heavy atom. The number of aromatic nitrogens is 1. The lowest BCUT2D eigenvalue weighted by Gasteiger charge is -2.12. The molecule has 1 aliphatic rings. The first kappa shape index (κ1) is 16.0. The molecule has 0 saturated carbocycles. The summed E-state index contributed by atoms with van der Waals surface area (Å²) in [6.07, 6.45) is 2.06. The molecule has 2 heterocycles. The molecule has 0 aliphatic carbocycles. The van der Waals surface area contributed by atoms with E-state index in [9.17, 15) is 0 Å². The van der Waals surface area contributed by atoms with Crippen LogP contribution in [0.1, 0.15) is 18.2 Å². The molecule has 0 spiro atoms. The fourth-order valence-corrected chi connectivity index (χ4v) is 3.34. The highest BCUT2D eigenvalue weighted by Crippen LogP contribution is 2.21. The fourth-order valence-electron chi connectivity index (χ4n) is 2.66. The summed E-state index contributed by atoms with van der Waals surface area (Å²) in [5.41, 5.74) is 2.17. The van der Waals surface area contributed by atoms with Crippen LogP contribution in [0.4, 0.5) is 0 Å². The molecule has 3 rings (SSSR count). The van der Waals surface area contributed by atoms with E-state index in [0.717, 1.165) is 41.0 Å². The molecule has 2 aromatic rings. The molecule has 1 aliphatic heterocycles. The van der Waals surface area contributed by atoms with Gasteiger partial charge in [-0.1, -0.05) is 25.1 Å². The van der Waals surface area contributed by atoms with Gasteiger partial charge in [-0.15, -0.1) is 0 Å². The van der Waals surface area contributed by atoms with Crippen LogP contribution in [0.15, 0.2) is 47.6 Å². The smallest absolute Gasteiger partial charge is 0.233 e. The van der Waals surface area contributed by atoms with Crippen LogP contribution in [0.5, 0.6) is 5.75 Å². The third kappa shape index (κ3) is 3.72. The summed E-state index contributed by atoms with van der Waals surface area (Å²) in [4.78, 5) is 4.73. The van der Waals surface area contributed by atoms with Gasteiger partial charge in [-0.2, -0.15) is 11.8 Å². The van der Waals surface area contributed by atoms with Crippen molar-refractivity contribution in [2.75, 3.05) is 25.2 Å². The summed E-state index contributed by atoms with van der Waals surface area (Å²) in [7, 11) is 1.70. The number of ether oxygens (including phenoxy) is 2. The normalized spacial score (nSPS) is 17.0. The Morgan fingerprint density at radius 1 is 1.30 bits per heavy atom. The van der Waals surface area contributed by atoms with E-state index in [1.165, 1.54) is 0 Å². The maximum Gasteiger partial charge on any atom is 0.233 e. The van der Waals surface area contributed by atoms with Crippen molar-refractivity contribution in [3.63, 3.8) is 0 Å². The van der Waals surface area contributed by atoms with Crippen molar-refractivity contribution in [3.05, 3.63) is 53.9 Å². The Bertz CT molecular complexity index is 681. The van der Waals surface area contributed by atoms with Gasteiger partial charge in [-0.3, -0.25) is 0 Å². The van der Waals surface area contributed by atoms with Crippen molar-refractivity contribution in [2.24, 2.45) is 4.99 Å². The van der Waals surface area contributed by atoms with Crippen molar-refractivity contribution in [1.82, 2.24) is 4.57 Å². The number of thioether (sulfide) groups is 1. The summed E-state index contributed by atoms with van der Waals surface area (Å²) in [5, 5.41) is 0. The van der Waals surface area contributed by atoms with E-state index < -0.39 is 0 Å². The Labute approximate surface area is 141 Å². The minimum atomic E-state index is 0.268. The van der Waals surface area contributed by atoms with E-state index >= 15 is 0 Å². The Hall–Kier alpha value is -1.88. The number of hydrogen-bond donors (Lipinski definition) is 0. The molecule has 0 bridgehead atoms. The maximum atomic E-state index is 5.83. The van der Waals surface area contributed by atoms with E-state index in [4.69, 9.17) is 14.5 Å². The van der Waals surface area contributed by atoms with Crippen LogP contribution in [-0.4, -0.2) is 41.7 Å². The molecule has 5 heteroatoms. The van der Waals surface area contributed by atoms with E-state index in [0.29, 0.717) is 6.61 Å². The number of para-hydroxylation sites is 1. The van der Waals surface area contributed by atoms with E-state index in [-0.39, 0.29) is 6.04 Å². The first-order valence-corrected chi connectivity index (χ1v) is 9.03. The lowest BCUT2D eigenvalue weighted by Crippen LogP contribution is -2.11. The molecule has 1 atom stereocenters. The van der Waals surface area contributed by atoms with Crippen molar-refractivity contribution < 1.29 is 9.47 Å². The Balaban J connectivity index is 1.78. The van der Waals surface area contributed by atoms with Gasteiger partial charge >= 0.3 is 0 Å². The molecule has 23 heavy (non-hydrogen) atoms. The standard InChI is InChI=1S/C18H22N2O2S/c1-3-23-13-15-12-22-18(19-15)16-8-6-10-20(16)11-14-7-4-5-9-17(14)21-2/h4-10,15H,3,11-13H2,1-2H3. The zero-order valence-corrected chi connectivity index (χ0v) is 14.4. The average Bonchev–Trinajstić information content (AvgIpc) is 3.22. The van der Waals surface area contributed by atoms with Crippen molar-refractivity contribution in [2.45, 2.75) is 19.5 Å². The van der Waals surface area contributed by atoms with Gasteiger partial charge in [0, 0.05) is 17.5 Å². The lowest BCUT2D eigenvalue weighted by molar-refractivity contribution is 0.323. The van der Waals surface area contributed by atoms with Gasteiger partial charge < -0.3 is 14.0 Å².